The molecule has 120 valence electrons. The fourth-order valence-corrected chi connectivity index (χ4v) is 2.95. The Hall–Kier alpha value is -0.860. The predicted molar refractivity (Wildman–Crippen MR) is 91.7 cm³/mol. The Morgan fingerprint density at radius 3 is 1.90 bits per heavy atom. The normalized spacial score (nSPS) is 14.7. The van der Waals surface area contributed by atoms with Crippen LogP contribution in [0.15, 0.2) is 24.3 Å². The lowest BCUT2D eigenvalue weighted by Crippen LogP contribution is -2.39. The van der Waals surface area contributed by atoms with Crippen LogP contribution in [0.1, 0.15) is 77.0 Å². The molecule has 0 bridgehead atoms. The summed E-state index contributed by atoms with van der Waals surface area (Å²) in [7, 11) is 0. The summed E-state index contributed by atoms with van der Waals surface area (Å²) in [6.07, 6.45) is 3.02. The van der Waals surface area contributed by atoms with Crippen molar-refractivity contribution in [3.05, 3.63) is 35.4 Å². The molecule has 0 aliphatic heterocycles. The second kappa shape index (κ2) is 9.22. The van der Waals surface area contributed by atoms with E-state index in [1.165, 1.54) is 18.4 Å². The lowest BCUT2D eigenvalue weighted by atomic mass is 9.94. The molecule has 1 aromatic rings. The van der Waals surface area contributed by atoms with E-state index in [0.29, 0.717) is 5.92 Å². The van der Waals surface area contributed by atoms with Crippen molar-refractivity contribution in [1.29, 1.82) is 0 Å². The summed E-state index contributed by atoms with van der Waals surface area (Å²) in [4.78, 5) is 2.39. The van der Waals surface area contributed by atoms with Crippen molar-refractivity contribution < 1.29 is 5.11 Å². The summed E-state index contributed by atoms with van der Waals surface area (Å²) in [5.74, 6) is 0.537. The molecule has 21 heavy (non-hydrogen) atoms. The van der Waals surface area contributed by atoms with Crippen LogP contribution >= 0.6 is 0 Å². The van der Waals surface area contributed by atoms with Crippen LogP contribution in [-0.4, -0.2) is 29.1 Å². The van der Waals surface area contributed by atoms with Crippen molar-refractivity contribution in [2.75, 3.05) is 13.1 Å². The maximum Gasteiger partial charge on any atom is 0.0945 e. The summed E-state index contributed by atoms with van der Waals surface area (Å²) in [6, 6.07) is 8.74. The molecular formula is C19H33NO. The Kier molecular flexibility index (Phi) is 7.98. The van der Waals surface area contributed by atoms with E-state index in [-0.39, 0.29) is 6.04 Å². The van der Waals surface area contributed by atoms with Crippen LogP contribution in [0.25, 0.3) is 0 Å². The van der Waals surface area contributed by atoms with Crippen LogP contribution in [0.3, 0.4) is 0 Å². The first-order valence-electron chi connectivity index (χ1n) is 8.57. The number of hydrogen-bond acceptors (Lipinski definition) is 2. The molecule has 0 heterocycles. The van der Waals surface area contributed by atoms with Crippen LogP contribution in [0.4, 0.5) is 0 Å². The lowest BCUT2D eigenvalue weighted by Gasteiger charge is -2.33. The molecule has 1 N–H and O–H groups in total. The third-order valence-corrected chi connectivity index (χ3v) is 4.44. The van der Waals surface area contributed by atoms with E-state index in [2.05, 4.69) is 63.8 Å². The number of benzene rings is 1. The SMILES string of the molecule is CCCC[C@H]([C@H](O)c1ccc(C(C)C)cc1)N(CC)CC. The van der Waals surface area contributed by atoms with Crippen LogP contribution in [-0.2, 0) is 0 Å². The van der Waals surface area contributed by atoms with Gasteiger partial charge in [0.2, 0.25) is 0 Å². The molecule has 1 rings (SSSR count). The maximum absolute atomic E-state index is 10.8. The fraction of sp³-hybridized carbons (Fsp3) is 0.684. The van der Waals surface area contributed by atoms with Gasteiger partial charge in [0.05, 0.1) is 6.10 Å². The molecular weight excluding hydrogens is 258 g/mol. The van der Waals surface area contributed by atoms with Crippen molar-refractivity contribution in [2.24, 2.45) is 0 Å². The van der Waals surface area contributed by atoms with Crippen molar-refractivity contribution in [3.8, 4) is 0 Å². The number of likely N-dealkylation sites (N-methyl/N-ethyl adjacent to an activating group) is 1. The smallest absolute Gasteiger partial charge is 0.0945 e. The largest absolute Gasteiger partial charge is 0.387 e. The minimum atomic E-state index is -0.391. The second-order valence-electron chi connectivity index (χ2n) is 6.20. The molecule has 0 unspecified atom stereocenters. The number of rotatable bonds is 9. The molecule has 0 saturated carbocycles. The average Bonchev–Trinajstić information content (AvgIpc) is 2.51. The number of unbranched alkanes of at least 4 members (excludes halogenated alkanes) is 1. The Morgan fingerprint density at radius 1 is 0.952 bits per heavy atom. The van der Waals surface area contributed by atoms with Gasteiger partial charge in [0.25, 0.3) is 0 Å². The minimum absolute atomic E-state index is 0.227. The highest BCUT2D eigenvalue weighted by Crippen LogP contribution is 2.26. The summed E-state index contributed by atoms with van der Waals surface area (Å²) in [5, 5.41) is 10.8. The van der Waals surface area contributed by atoms with Gasteiger partial charge in [-0.15, -0.1) is 0 Å². The molecule has 0 aromatic heterocycles. The van der Waals surface area contributed by atoms with Crippen molar-refractivity contribution >= 4 is 0 Å². The Bertz CT molecular complexity index is 381. The predicted octanol–water partition coefficient (Wildman–Crippen LogP) is 4.74. The maximum atomic E-state index is 10.8. The van der Waals surface area contributed by atoms with Gasteiger partial charge in [0.15, 0.2) is 0 Å². The standard InChI is InChI=1S/C19H33NO/c1-6-9-10-18(20(7-2)8-3)19(21)17-13-11-16(12-14-17)15(4)5/h11-15,18-19,21H,6-10H2,1-5H3/t18-,19-/m1/s1. The first kappa shape index (κ1) is 18.2. The van der Waals surface area contributed by atoms with Gasteiger partial charge >= 0.3 is 0 Å². The molecule has 0 radical (unpaired) electrons. The quantitative estimate of drug-likeness (QED) is 0.710. The molecule has 1 aromatic carbocycles. The number of nitrogens with zero attached hydrogens (tertiary/aromatic N) is 1. The number of aliphatic hydroxyl groups is 1. The first-order valence-corrected chi connectivity index (χ1v) is 8.57. The third kappa shape index (κ3) is 5.12. The van der Waals surface area contributed by atoms with Crippen molar-refractivity contribution in [1.82, 2.24) is 4.90 Å². The zero-order valence-corrected chi connectivity index (χ0v) is 14.5. The van der Waals surface area contributed by atoms with Gasteiger partial charge in [-0.2, -0.15) is 0 Å². The Balaban J connectivity index is 2.89. The minimum Gasteiger partial charge on any atom is -0.387 e. The number of aliphatic hydroxyl groups excluding tert-OH is 1. The van der Waals surface area contributed by atoms with E-state index in [0.717, 1.165) is 25.1 Å². The van der Waals surface area contributed by atoms with Gasteiger partial charge in [0.1, 0.15) is 0 Å². The highest BCUT2D eigenvalue weighted by molar-refractivity contribution is 5.26. The molecule has 0 fully saturated rings. The third-order valence-electron chi connectivity index (χ3n) is 4.44. The molecule has 2 heteroatoms. The van der Waals surface area contributed by atoms with E-state index < -0.39 is 6.10 Å². The zero-order chi connectivity index (χ0) is 15.8. The summed E-state index contributed by atoms with van der Waals surface area (Å²) in [5.41, 5.74) is 2.38. The lowest BCUT2D eigenvalue weighted by molar-refractivity contribution is 0.0473. The van der Waals surface area contributed by atoms with Gasteiger partial charge in [-0.1, -0.05) is 71.7 Å². The van der Waals surface area contributed by atoms with Gasteiger partial charge in [-0.25, -0.2) is 0 Å². The molecule has 0 amide bonds. The van der Waals surface area contributed by atoms with E-state index in [4.69, 9.17) is 0 Å². The molecule has 0 saturated heterocycles. The van der Waals surface area contributed by atoms with Gasteiger partial charge in [-0.05, 0) is 36.6 Å². The van der Waals surface area contributed by atoms with Gasteiger partial charge in [-0.3, -0.25) is 4.90 Å². The van der Waals surface area contributed by atoms with Gasteiger partial charge < -0.3 is 5.11 Å². The second-order valence-corrected chi connectivity index (χ2v) is 6.20. The van der Waals surface area contributed by atoms with Gasteiger partial charge in [0, 0.05) is 6.04 Å². The highest BCUT2D eigenvalue weighted by atomic mass is 16.3. The van der Waals surface area contributed by atoms with Crippen molar-refractivity contribution in [2.45, 2.75) is 71.9 Å². The molecule has 0 spiro atoms. The summed E-state index contributed by atoms with van der Waals surface area (Å²) < 4.78 is 0. The fourth-order valence-electron chi connectivity index (χ4n) is 2.95. The molecule has 0 aliphatic carbocycles. The van der Waals surface area contributed by atoms with E-state index in [9.17, 15) is 5.11 Å². The summed E-state index contributed by atoms with van der Waals surface area (Å²) >= 11 is 0. The molecule has 2 atom stereocenters. The Labute approximate surface area is 131 Å². The highest BCUT2D eigenvalue weighted by Gasteiger charge is 2.25. The van der Waals surface area contributed by atoms with Crippen LogP contribution in [0, 0.1) is 0 Å². The van der Waals surface area contributed by atoms with Crippen molar-refractivity contribution in [3.63, 3.8) is 0 Å². The number of hydrogen-bond donors (Lipinski definition) is 1. The van der Waals surface area contributed by atoms with Crippen LogP contribution in [0.5, 0.6) is 0 Å². The van der Waals surface area contributed by atoms with Crippen LogP contribution in [0.2, 0.25) is 0 Å². The Morgan fingerprint density at radius 2 is 1.48 bits per heavy atom. The monoisotopic (exact) mass is 291 g/mol. The van der Waals surface area contributed by atoms with Crippen LogP contribution < -0.4 is 0 Å². The summed E-state index contributed by atoms with van der Waals surface area (Å²) in [6.45, 7) is 13.0. The molecule has 0 aliphatic rings. The first-order chi connectivity index (χ1) is 10.0. The topological polar surface area (TPSA) is 23.5 Å². The zero-order valence-electron chi connectivity index (χ0n) is 14.5. The van der Waals surface area contributed by atoms with E-state index >= 15 is 0 Å². The van der Waals surface area contributed by atoms with E-state index in [1.54, 1.807) is 0 Å². The van der Waals surface area contributed by atoms with E-state index in [1.807, 2.05) is 0 Å². The molecule has 2 nitrogen and oxygen atoms in total. The average molecular weight is 291 g/mol.